The lowest BCUT2D eigenvalue weighted by Crippen LogP contribution is -2.64. The number of ether oxygens (including phenoxy) is 2. The summed E-state index contributed by atoms with van der Waals surface area (Å²) >= 11 is 0. The second-order valence-corrected chi connectivity index (χ2v) is 29.1. The topological polar surface area (TPSA) is 300 Å². The number of rotatable bonds is 20. The molecule has 0 aromatic heterocycles. The van der Waals surface area contributed by atoms with E-state index in [0.29, 0.717) is 52.1 Å². The number of likely N-dealkylation sites (N-methyl/N-ethyl adjacent to an activating group) is 7. The third-order valence-corrected chi connectivity index (χ3v) is 19.0. The van der Waals surface area contributed by atoms with Gasteiger partial charge in [0, 0.05) is 76.1 Å². The molecule has 0 unspecified atom stereocenters. The molecule has 2 aliphatic heterocycles. The molecular weight excluding hydrogens is 1220 g/mol. The van der Waals surface area contributed by atoms with Crippen molar-refractivity contribution < 1.29 is 67.3 Å². The number of nitrogens with one attached hydrogen (secondary N) is 4. The van der Waals surface area contributed by atoms with Crippen LogP contribution in [0.4, 0.5) is 0 Å². The highest BCUT2D eigenvalue weighted by Gasteiger charge is 2.47. The minimum atomic E-state index is -1.60. The summed E-state index contributed by atoms with van der Waals surface area (Å²) < 4.78 is 11.3. The fraction of sp³-hybridized carbons (Fsp3) is 0.841. The van der Waals surface area contributed by atoms with Gasteiger partial charge in [-0.15, -0.1) is 0 Å². The monoisotopic (exact) mass is 1350 g/mol. The van der Waals surface area contributed by atoms with E-state index in [1.807, 2.05) is 55.4 Å². The maximum Gasteiger partial charge on any atom is 0.246 e. The second-order valence-electron chi connectivity index (χ2n) is 29.1. The van der Waals surface area contributed by atoms with E-state index in [2.05, 4.69) is 26.2 Å². The molecule has 0 aliphatic carbocycles. The van der Waals surface area contributed by atoms with Gasteiger partial charge in [-0.25, -0.2) is 0 Å². The van der Waals surface area contributed by atoms with Crippen LogP contribution >= 0.6 is 0 Å². The van der Waals surface area contributed by atoms with E-state index in [9.17, 15) is 24.3 Å². The summed E-state index contributed by atoms with van der Waals surface area (Å²) in [5.74, 6) is -10.0. The lowest BCUT2D eigenvalue weighted by Gasteiger charge is -2.42. The van der Waals surface area contributed by atoms with Gasteiger partial charge < -0.3 is 70.1 Å². The van der Waals surface area contributed by atoms with Crippen molar-refractivity contribution in [1.82, 2.24) is 60.5 Å². The minimum absolute atomic E-state index is 0.00658. The highest BCUT2D eigenvalue weighted by molar-refractivity contribution is 6.00. The van der Waals surface area contributed by atoms with Crippen LogP contribution in [0.5, 0.6) is 0 Å². The molecule has 0 spiro atoms. The molecule has 11 amide bonds. The van der Waals surface area contributed by atoms with Gasteiger partial charge in [-0.2, -0.15) is 0 Å². The first kappa shape index (κ1) is 85.1. The van der Waals surface area contributed by atoms with Gasteiger partial charge >= 0.3 is 0 Å². The van der Waals surface area contributed by atoms with Crippen LogP contribution in [0.1, 0.15) is 169 Å². The Kier molecular flexibility index (Phi) is 35.3. The summed E-state index contributed by atoms with van der Waals surface area (Å²) in [7, 11) is 11.6. The number of aliphatic hydroxyl groups is 1. The van der Waals surface area contributed by atoms with E-state index in [-0.39, 0.29) is 49.5 Å². The average molecular weight is 1350 g/mol. The lowest BCUT2D eigenvalue weighted by molar-refractivity contribution is -0.157. The van der Waals surface area contributed by atoms with Crippen molar-refractivity contribution in [1.29, 1.82) is 0 Å². The molecule has 2 aliphatic rings. The Morgan fingerprint density at radius 1 is 0.516 bits per heavy atom. The third-order valence-electron chi connectivity index (χ3n) is 19.0. The molecule has 2 saturated heterocycles. The predicted molar refractivity (Wildman–Crippen MR) is 366 cm³/mol. The number of hydrogen-bond acceptors (Lipinski definition) is 15. The smallest absolute Gasteiger partial charge is 0.246 e. The molecule has 2 heterocycles. The van der Waals surface area contributed by atoms with E-state index < -0.39 is 161 Å². The van der Waals surface area contributed by atoms with Gasteiger partial charge in [0.1, 0.15) is 66.5 Å². The summed E-state index contributed by atoms with van der Waals surface area (Å²) in [6.07, 6.45) is 1.15. The first-order valence-corrected chi connectivity index (χ1v) is 34.7. The Hall–Kier alpha value is -5.99. The van der Waals surface area contributed by atoms with Crippen LogP contribution in [0.15, 0.2) is 0 Å². The summed E-state index contributed by atoms with van der Waals surface area (Å²) in [6.45, 7) is 32.0. The van der Waals surface area contributed by atoms with Crippen LogP contribution in [0.25, 0.3) is 0 Å². The van der Waals surface area contributed by atoms with Crippen LogP contribution in [0.3, 0.4) is 0 Å². The van der Waals surface area contributed by atoms with Gasteiger partial charge in [0.15, 0.2) is 0 Å². The molecule has 0 aromatic rings. The number of methoxy groups -OCH3 is 1. The Bertz CT molecular complexity index is 2550. The zero-order valence-electron chi connectivity index (χ0n) is 62.6. The quantitative estimate of drug-likeness (QED) is 0.117. The molecule has 95 heavy (non-hydrogen) atoms. The van der Waals surface area contributed by atoms with Crippen molar-refractivity contribution in [3.8, 4) is 0 Å². The normalized spacial score (nSPS) is 28.3. The van der Waals surface area contributed by atoms with Gasteiger partial charge in [0.2, 0.25) is 65.0 Å². The summed E-state index contributed by atoms with van der Waals surface area (Å²) in [5.41, 5.74) is 0. The van der Waals surface area contributed by atoms with Gasteiger partial charge in [-0.1, -0.05) is 110 Å². The minimum Gasteiger partial charge on any atom is -0.390 e. The zero-order valence-corrected chi connectivity index (χ0v) is 62.6. The number of morpholine rings is 1. The standard InChI is InChI=1S/C69H126N12O14/c1-26-28-29-44(13)58(82)57-62(86)72-50(27-2)65(89)74(18)48(17)64(88)79(23)56(45(14)36-81-32-33-95-49(37-81)38-94-25)61(85)73-54(42(9)10)68(92)75(19)51(31-30-39(3)4)60(84)70-46(15)59(83)71-47(16)63(87)76(20)52(34-40(5)6)66(90)77(21)53(35-41(7)8)67(91)78(22)55(43(11)12)69(93)80(57)24/h39-58,82H,26-38H2,1-25H3,(H,70,84)(H,71,83)(H,72,86)(H,73,85)/t44-,45+,46+,47-,48-,49+,50+,51+,52+,53+,54+,55+,56+,57+,58-/m1/s1. The number of carbonyl (C=O) groups excluding carboxylic acids is 11. The first-order chi connectivity index (χ1) is 44.1. The number of aliphatic hydroxyl groups excluding tert-OH is 1. The molecule has 15 atom stereocenters. The van der Waals surface area contributed by atoms with Gasteiger partial charge in [-0.3, -0.25) is 57.6 Å². The molecular formula is C69H126N12O14. The van der Waals surface area contributed by atoms with Gasteiger partial charge in [0.05, 0.1) is 25.4 Å². The molecule has 546 valence electrons. The second kappa shape index (κ2) is 39.4. The molecule has 0 bridgehead atoms. The first-order valence-electron chi connectivity index (χ1n) is 34.7. The number of unbranched alkanes of at least 4 members (excludes halogenated alkanes) is 1. The number of hydrogen-bond donors (Lipinski definition) is 5. The van der Waals surface area contributed by atoms with E-state index in [4.69, 9.17) is 9.47 Å². The Morgan fingerprint density at radius 3 is 1.53 bits per heavy atom. The fourth-order valence-corrected chi connectivity index (χ4v) is 12.9. The van der Waals surface area contributed by atoms with Crippen LogP contribution in [0, 0.1) is 41.4 Å². The molecule has 2 fully saturated rings. The molecule has 0 saturated carbocycles. The van der Waals surface area contributed by atoms with E-state index in [1.165, 1.54) is 99.5 Å². The van der Waals surface area contributed by atoms with Crippen molar-refractivity contribution in [2.24, 2.45) is 41.4 Å². The van der Waals surface area contributed by atoms with E-state index in [1.54, 1.807) is 48.7 Å². The highest BCUT2D eigenvalue weighted by Crippen LogP contribution is 2.27. The van der Waals surface area contributed by atoms with Crippen LogP contribution in [-0.4, -0.2) is 277 Å². The summed E-state index contributed by atoms with van der Waals surface area (Å²) in [4.78, 5) is 175. The van der Waals surface area contributed by atoms with Crippen molar-refractivity contribution in [3.05, 3.63) is 0 Å². The van der Waals surface area contributed by atoms with Gasteiger partial charge in [-0.05, 0) is 101 Å². The van der Waals surface area contributed by atoms with Crippen molar-refractivity contribution in [2.45, 2.75) is 248 Å². The highest BCUT2D eigenvalue weighted by atomic mass is 16.5. The molecule has 26 nitrogen and oxygen atoms in total. The SMILES string of the molecule is CCCC[C@@H](C)[C@@H](O)[C@H]1C(=O)N[C@@H](CC)C(=O)N(C)[C@H](C)C(=O)N(C)[C@@H]([C@@H](C)CN2CCO[C@H](COC)C2)C(=O)N[C@@H](C(C)C)C(=O)N(C)[C@@H](CCC(C)C)C(=O)N[C@@H](C)C(=O)N[C@H](C)C(=O)N(C)[C@@H](CC(C)C)C(=O)N(C)[C@@H](CC(C)C)C(=O)N(C)[C@@H](C(C)C)C(=O)N1C. The van der Waals surface area contributed by atoms with Crippen LogP contribution in [0.2, 0.25) is 0 Å². The molecule has 0 aromatic carbocycles. The molecule has 2 rings (SSSR count). The van der Waals surface area contributed by atoms with Crippen molar-refractivity contribution in [3.63, 3.8) is 0 Å². The Morgan fingerprint density at radius 2 is 1.02 bits per heavy atom. The van der Waals surface area contributed by atoms with Crippen LogP contribution < -0.4 is 21.3 Å². The maximum atomic E-state index is 15.3. The summed E-state index contributed by atoms with van der Waals surface area (Å²) in [5, 5.41) is 23.5. The zero-order chi connectivity index (χ0) is 73.0. The Labute approximate surface area is 569 Å². The predicted octanol–water partition coefficient (Wildman–Crippen LogP) is 3.21. The molecule has 5 N–H and O–H groups in total. The van der Waals surface area contributed by atoms with E-state index in [0.717, 1.165) is 11.3 Å². The molecule has 0 radical (unpaired) electrons. The summed E-state index contributed by atoms with van der Waals surface area (Å²) in [6, 6.07) is -13.9. The number of nitrogens with zero attached hydrogens (tertiary/aromatic N) is 8. The fourth-order valence-electron chi connectivity index (χ4n) is 12.9. The van der Waals surface area contributed by atoms with E-state index >= 15 is 33.6 Å². The maximum absolute atomic E-state index is 15.3. The lowest BCUT2D eigenvalue weighted by atomic mass is 9.90. The molecule has 26 heteroatoms. The number of amides is 11. The third kappa shape index (κ3) is 23.6. The van der Waals surface area contributed by atoms with Crippen molar-refractivity contribution in [2.75, 3.05) is 89.3 Å². The van der Waals surface area contributed by atoms with Crippen molar-refractivity contribution >= 4 is 65.0 Å². The van der Waals surface area contributed by atoms with Gasteiger partial charge in [0.25, 0.3) is 0 Å². The average Bonchev–Trinajstić information content (AvgIpc) is 0.817. The number of carbonyl (C=O) groups is 11. The Balaban J connectivity index is 3.07. The largest absolute Gasteiger partial charge is 0.390 e. The van der Waals surface area contributed by atoms with Crippen LogP contribution in [-0.2, 0) is 62.2 Å².